The number of aliphatic imine (C=N–C) groups is 1. The molecule has 9 heteroatoms. The van der Waals surface area contributed by atoms with Gasteiger partial charge in [-0.15, -0.1) is 0 Å². The fourth-order valence-electron chi connectivity index (χ4n) is 4.70. The molecule has 3 aromatic carbocycles. The SMILES string of the molecule is CC(=O)N(CCCN(C)C)c1ccc(N=C(c2ccc3c(c2)OCCO3)c2c(O)[nH]c3cc(Cl)ccc23)cc1. The highest BCUT2D eigenvalue weighted by Gasteiger charge is 2.22. The van der Waals surface area contributed by atoms with Crippen molar-refractivity contribution in [2.24, 2.45) is 4.99 Å². The lowest BCUT2D eigenvalue weighted by molar-refractivity contribution is -0.116. The van der Waals surface area contributed by atoms with Gasteiger partial charge in [0.15, 0.2) is 17.4 Å². The molecule has 0 saturated carbocycles. The molecule has 0 spiro atoms. The monoisotopic (exact) mass is 546 g/mol. The second-order valence-electron chi connectivity index (χ2n) is 9.70. The summed E-state index contributed by atoms with van der Waals surface area (Å²) in [4.78, 5) is 24.2. The van der Waals surface area contributed by atoms with Crippen molar-refractivity contribution < 1.29 is 19.4 Å². The van der Waals surface area contributed by atoms with Crippen LogP contribution >= 0.6 is 11.6 Å². The smallest absolute Gasteiger partial charge is 0.223 e. The predicted molar refractivity (Wildman–Crippen MR) is 155 cm³/mol. The number of fused-ring (bicyclic) bond motifs is 2. The Bertz CT molecular complexity index is 1530. The Balaban J connectivity index is 1.56. The zero-order valence-corrected chi connectivity index (χ0v) is 23.0. The second-order valence-corrected chi connectivity index (χ2v) is 10.1. The number of H-pyrrole nitrogens is 1. The van der Waals surface area contributed by atoms with Crippen LogP contribution < -0.4 is 14.4 Å². The first-order valence-electron chi connectivity index (χ1n) is 12.8. The highest BCUT2D eigenvalue weighted by molar-refractivity contribution is 6.31. The fraction of sp³-hybridized carbons (Fsp3) is 0.267. The van der Waals surface area contributed by atoms with Crippen molar-refractivity contribution in [3.8, 4) is 17.4 Å². The van der Waals surface area contributed by atoms with Crippen LogP contribution in [0.25, 0.3) is 10.9 Å². The van der Waals surface area contributed by atoms with E-state index in [9.17, 15) is 9.90 Å². The van der Waals surface area contributed by atoms with Gasteiger partial charge in [-0.1, -0.05) is 17.7 Å². The van der Waals surface area contributed by atoms with Gasteiger partial charge < -0.3 is 29.4 Å². The maximum Gasteiger partial charge on any atom is 0.223 e. The number of rotatable bonds is 8. The quantitative estimate of drug-likeness (QED) is 0.274. The summed E-state index contributed by atoms with van der Waals surface area (Å²) < 4.78 is 11.5. The van der Waals surface area contributed by atoms with Crippen LogP contribution in [-0.4, -0.2) is 67.0 Å². The molecule has 1 aromatic heterocycles. The average Bonchev–Trinajstić information content (AvgIpc) is 3.24. The molecule has 0 aliphatic carbocycles. The van der Waals surface area contributed by atoms with E-state index >= 15 is 0 Å². The van der Waals surface area contributed by atoms with Crippen molar-refractivity contribution in [3.63, 3.8) is 0 Å². The third kappa shape index (κ3) is 5.87. The molecular formula is C30H31ClN4O4. The van der Waals surface area contributed by atoms with E-state index in [-0.39, 0.29) is 11.8 Å². The van der Waals surface area contributed by atoms with Crippen molar-refractivity contribution in [1.29, 1.82) is 0 Å². The number of aromatic hydroxyl groups is 1. The minimum Gasteiger partial charge on any atom is -0.494 e. The van der Waals surface area contributed by atoms with Gasteiger partial charge in [0.1, 0.15) is 13.2 Å². The number of hydrogen-bond acceptors (Lipinski definition) is 6. The van der Waals surface area contributed by atoms with Gasteiger partial charge >= 0.3 is 0 Å². The van der Waals surface area contributed by atoms with E-state index in [4.69, 9.17) is 26.1 Å². The van der Waals surface area contributed by atoms with Crippen LogP contribution in [0.2, 0.25) is 5.02 Å². The normalized spacial score (nSPS) is 13.2. The number of nitrogens with one attached hydrogen (secondary N) is 1. The van der Waals surface area contributed by atoms with E-state index in [2.05, 4.69) is 9.88 Å². The zero-order chi connectivity index (χ0) is 27.5. The standard InChI is InChI=1S/C30H31ClN4O4/c1-19(36)35(14-4-13-34(2)3)23-9-7-22(8-10-23)32-29(20-5-12-26-27(17-20)39-16-15-38-26)28-24-11-6-21(31)18-25(24)33-30(28)37/h5-12,17-18,33,37H,4,13-16H2,1-3H3. The molecule has 39 heavy (non-hydrogen) atoms. The Morgan fingerprint density at radius 2 is 1.74 bits per heavy atom. The summed E-state index contributed by atoms with van der Waals surface area (Å²) in [5.41, 5.74) is 4.04. The first-order chi connectivity index (χ1) is 18.8. The molecule has 1 aliphatic heterocycles. The highest BCUT2D eigenvalue weighted by Crippen LogP contribution is 2.36. The Morgan fingerprint density at radius 3 is 2.46 bits per heavy atom. The van der Waals surface area contributed by atoms with Gasteiger partial charge in [-0.05, 0) is 81.7 Å². The molecule has 0 saturated heterocycles. The summed E-state index contributed by atoms with van der Waals surface area (Å²) in [7, 11) is 4.04. The van der Waals surface area contributed by atoms with Crippen molar-refractivity contribution in [1.82, 2.24) is 9.88 Å². The summed E-state index contributed by atoms with van der Waals surface area (Å²) in [6.07, 6.45) is 0.866. The second kappa shape index (κ2) is 11.4. The molecule has 202 valence electrons. The maximum absolute atomic E-state index is 12.3. The van der Waals surface area contributed by atoms with Crippen molar-refractivity contribution in [2.75, 3.05) is 45.3 Å². The van der Waals surface area contributed by atoms with Crippen LogP contribution in [0.15, 0.2) is 65.7 Å². The van der Waals surface area contributed by atoms with E-state index in [1.807, 2.05) is 62.6 Å². The van der Waals surface area contributed by atoms with Crippen LogP contribution in [0.1, 0.15) is 24.5 Å². The average molecular weight is 547 g/mol. The van der Waals surface area contributed by atoms with Crippen molar-refractivity contribution in [2.45, 2.75) is 13.3 Å². The van der Waals surface area contributed by atoms with Gasteiger partial charge in [0.2, 0.25) is 5.91 Å². The van der Waals surface area contributed by atoms with Crippen LogP contribution in [0.5, 0.6) is 17.4 Å². The van der Waals surface area contributed by atoms with Gasteiger partial charge in [-0.25, -0.2) is 4.99 Å². The van der Waals surface area contributed by atoms with Crippen LogP contribution in [0.3, 0.4) is 0 Å². The number of carbonyl (C=O) groups is 1. The number of anilines is 1. The summed E-state index contributed by atoms with van der Waals surface area (Å²) in [6.45, 7) is 4.06. The van der Waals surface area contributed by atoms with E-state index in [0.717, 1.165) is 29.6 Å². The van der Waals surface area contributed by atoms with E-state index in [1.165, 1.54) is 0 Å². The summed E-state index contributed by atoms with van der Waals surface area (Å²) >= 11 is 6.20. The van der Waals surface area contributed by atoms with Crippen molar-refractivity contribution >= 4 is 45.5 Å². The molecule has 0 radical (unpaired) electrons. The number of nitrogens with zero attached hydrogens (tertiary/aromatic N) is 3. The predicted octanol–water partition coefficient (Wildman–Crippen LogP) is 5.77. The Morgan fingerprint density at radius 1 is 1.00 bits per heavy atom. The maximum atomic E-state index is 12.3. The summed E-state index contributed by atoms with van der Waals surface area (Å²) in [5.74, 6) is 1.27. The molecule has 0 atom stereocenters. The Labute approximate surface area is 232 Å². The lowest BCUT2D eigenvalue weighted by atomic mass is 10.00. The third-order valence-corrected chi connectivity index (χ3v) is 6.80. The van der Waals surface area contributed by atoms with Gasteiger partial charge in [0.05, 0.1) is 22.5 Å². The minimum atomic E-state index is -0.0128. The molecule has 2 heterocycles. The summed E-state index contributed by atoms with van der Waals surface area (Å²) in [5, 5.41) is 12.3. The lowest BCUT2D eigenvalue weighted by Crippen LogP contribution is -2.31. The molecule has 2 N–H and O–H groups in total. The van der Waals surface area contributed by atoms with Crippen LogP contribution in [0, 0.1) is 0 Å². The molecule has 1 amide bonds. The number of hydrogen-bond donors (Lipinski definition) is 2. The molecular weight excluding hydrogens is 516 g/mol. The van der Waals surface area contributed by atoms with Gasteiger partial charge in [-0.3, -0.25) is 4.79 Å². The first kappa shape index (κ1) is 26.6. The molecule has 1 aliphatic rings. The minimum absolute atomic E-state index is 0.00986. The molecule has 5 rings (SSSR count). The first-order valence-corrected chi connectivity index (χ1v) is 13.2. The Hall–Kier alpha value is -4.01. The van der Waals surface area contributed by atoms with Gasteiger partial charge in [0.25, 0.3) is 0 Å². The fourth-order valence-corrected chi connectivity index (χ4v) is 4.87. The summed E-state index contributed by atoms with van der Waals surface area (Å²) in [6, 6.07) is 18.6. The van der Waals surface area contributed by atoms with Crippen molar-refractivity contribution in [3.05, 3.63) is 76.8 Å². The van der Waals surface area contributed by atoms with Gasteiger partial charge in [0, 0.05) is 35.1 Å². The number of aromatic amines is 1. The van der Waals surface area contributed by atoms with E-state index < -0.39 is 0 Å². The number of ether oxygens (including phenoxy) is 2. The molecule has 0 unspecified atom stereocenters. The molecule has 0 bridgehead atoms. The third-order valence-electron chi connectivity index (χ3n) is 6.56. The van der Waals surface area contributed by atoms with E-state index in [1.54, 1.807) is 24.0 Å². The number of benzene rings is 3. The molecule has 0 fully saturated rings. The molecule has 8 nitrogen and oxygen atoms in total. The zero-order valence-electron chi connectivity index (χ0n) is 22.2. The number of aromatic nitrogens is 1. The number of amides is 1. The highest BCUT2D eigenvalue weighted by atomic mass is 35.5. The van der Waals surface area contributed by atoms with E-state index in [0.29, 0.717) is 58.8 Å². The topological polar surface area (TPSA) is 90.4 Å². The van der Waals surface area contributed by atoms with Crippen LogP contribution in [-0.2, 0) is 4.79 Å². The van der Waals surface area contributed by atoms with Gasteiger partial charge in [-0.2, -0.15) is 0 Å². The Kier molecular flexibility index (Phi) is 7.77. The molecule has 4 aromatic rings. The number of halogens is 1. The van der Waals surface area contributed by atoms with Crippen LogP contribution in [0.4, 0.5) is 11.4 Å². The lowest BCUT2D eigenvalue weighted by Gasteiger charge is -2.22. The number of carbonyl (C=O) groups excluding carboxylic acids is 1. The largest absolute Gasteiger partial charge is 0.494 e.